The second kappa shape index (κ2) is 15.7. The van der Waals surface area contributed by atoms with Gasteiger partial charge in [-0.2, -0.15) is 10.2 Å². The number of nitrogens with zero attached hydrogens (tertiary/aromatic N) is 12. The largest absolute Gasteiger partial charge is 0.491 e. The number of anilines is 2. The van der Waals surface area contributed by atoms with E-state index in [1.54, 1.807) is 49.5 Å². The van der Waals surface area contributed by atoms with Gasteiger partial charge in [0.1, 0.15) is 28.2 Å². The molecule has 1 aromatic carbocycles. The number of carbonyl (C=O) groups excluding carboxylic acids is 4. The van der Waals surface area contributed by atoms with Crippen LogP contribution in [0.2, 0.25) is 0 Å². The summed E-state index contributed by atoms with van der Waals surface area (Å²) in [4.78, 5) is 72.4. The van der Waals surface area contributed by atoms with E-state index in [0.717, 1.165) is 50.5 Å². The third-order valence-corrected chi connectivity index (χ3v) is 11.0. The molecule has 3 aliphatic heterocycles. The van der Waals surface area contributed by atoms with E-state index in [1.165, 1.54) is 6.20 Å². The summed E-state index contributed by atoms with van der Waals surface area (Å²) in [5, 5.41) is 12.3. The fourth-order valence-corrected chi connectivity index (χ4v) is 8.15. The Bertz CT molecular complexity index is 2720. The molecule has 6 aromatic rings. The standard InChI is InChI=1S/C40H45N15O5/c1-24-18-30-37(58)52(13-15-54(30)47-24)39-45-28-20-26(34(41)56)22-32(60-17-5-8-49-11-6-43-7-12-49)33(28)50(39)9-3-4-10-51-36-29(21-27(23-44-36)35(42)57)46-40(51)53-14-16-55-31(38(53)59)19-25(2)48-55/h3-4,18-23,43H,5-17H2,1-2H3,(H2,41,56)(H2,42,57)/b4-3+. The zero-order valence-electron chi connectivity index (χ0n) is 33.4. The average molecular weight is 816 g/mol. The van der Waals surface area contributed by atoms with Crippen LogP contribution in [0.1, 0.15) is 59.5 Å². The van der Waals surface area contributed by atoms with E-state index in [-0.39, 0.29) is 36.0 Å². The van der Waals surface area contributed by atoms with Gasteiger partial charge < -0.3 is 31.0 Å². The Balaban J connectivity index is 1.07. The van der Waals surface area contributed by atoms with E-state index in [9.17, 15) is 19.2 Å². The molecule has 60 heavy (non-hydrogen) atoms. The van der Waals surface area contributed by atoms with Crippen LogP contribution in [0.15, 0.2) is 48.7 Å². The molecule has 0 radical (unpaired) electrons. The average Bonchev–Trinajstić information content (AvgIpc) is 4.01. The number of aromatic nitrogens is 9. The van der Waals surface area contributed by atoms with Gasteiger partial charge in [-0.15, -0.1) is 0 Å². The minimum atomic E-state index is -0.644. The number of hydrogen-bond acceptors (Lipinski definition) is 12. The number of carbonyl (C=O) groups is 4. The number of amides is 4. The first-order chi connectivity index (χ1) is 29.0. The maximum Gasteiger partial charge on any atom is 0.278 e. The Kier molecular flexibility index (Phi) is 10.1. The Hall–Kier alpha value is -6.93. The number of hydrogen-bond donors (Lipinski definition) is 3. The summed E-state index contributed by atoms with van der Waals surface area (Å²) in [5.74, 6) is -0.630. The third-order valence-electron chi connectivity index (χ3n) is 11.0. The van der Waals surface area contributed by atoms with Crippen molar-refractivity contribution in [3.05, 3.63) is 82.6 Å². The maximum atomic E-state index is 14.0. The van der Waals surface area contributed by atoms with Gasteiger partial charge in [-0.3, -0.25) is 42.9 Å². The normalized spacial score (nSPS) is 16.0. The van der Waals surface area contributed by atoms with Crippen molar-refractivity contribution in [2.24, 2.45) is 11.5 Å². The summed E-state index contributed by atoms with van der Waals surface area (Å²) >= 11 is 0. The predicted molar refractivity (Wildman–Crippen MR) is 220 cm³/mol. The highest BCUT2D eigenvalue weighted by molar-refractivity contribution is 6.07. The molecular formula is C40H45N15O5. The second-order valence-electron chi connectivity index (χ2n) is 15.1. The zero-order valence-corrected chi connectivity index (χ0v) is 33.4. The molecule has 1 fully saturated rings. The van der Waals surface area contributed by atoms with Gasteiger partial charge >= 0.3 is 0 Å². The van der Waals surface area contributed by atoms with Gasteiger partial charge in [-0.1, -0.05) is 12.2 Å². The molecule has 310 valence electrons. The van der Waals surface area contributed by atoms with E-state index in [0.29, 0.717) is 84.0 Å². The highest BCUT2D eigenvalue weighted by Crippen LogP contribution is 2.34. The van der Waals surface area contributed by atoms with Gasteiger partial charge in [-0.05, 0) is 50.6 Å². The fraction of sp³-hybridized carbons (Fsp3) is 0.375. The lowest BCUT2D eigenvalue weighted by Gasteiger charge is -2.27. The van der Waals surface area contributed by atoms with Crippen molar-refractivity contribution in [1.29, 1.82) is 0 Å². The lowest BCUT2D eigenvalue weighted by Crippen LogP contribution is -2.43. The number of primary amides is 2. The maximum absolute atomic E-state index is 14.0. The second-order valence-corrected chi connectivity index (χ2v) is 15.1. The Morgan fingerprint density at radius 3 is 1.97 bits per heavy atom. The van der Waals surface area contributed by atoms with Crippen molar-refractivity contribution < 1.29 is 23.9 Å². The molecule has 0 bridgehead atoms. The highest BCUT2D eigenvalue weighted by Gasteiger charge is 2.33. The number of benzene rings is 1. The first kappa shape index (κ1) is 38.6. The van der Waals surface area contributed by atoms with Gasteiger partial charge in [0.15, 0.2) is 5.65 Å². The molecule has 0 spiro atoms. The van der Waals surface area contributed by atoms with E-state index in [2.05, 4.69) is 25.4 Å². The summed E-state index contributed by atoms with van der Waals surface area (Å²) in [6.45, 7) is 10.8. The number of nitrogens with one attached hydrogen (secondary N) is 1. The van der Waals surface area contributed by atoms with Crippen LogP contribution in [0.4, 0.5) is 11.9 Å². The molecule has 4 amide bonds. The summed E-state index contributed by atoms with van der Waals surface area (Å²) in [5.41, 5.74) is 16.1. The Morgan fingerprint density at radius 1 is 0.750 bits per heavy atom. The van der Waals surface area contributed by atoms with Crippen molar-refractivity contribution in [3.8, 4) is 5.75 Å². The molecule has 0 unspecified atom stereocenters. The van der Waals surface area contributed by atoms with E-state index < -0.39 is 11.8 Å². The van der Waals surface area contributed by atoms with Crippen LogP contribution in [0.5, 0.6) is 5.75 Å². The number of nitrogens with two attached hydrogens (primary N) is 2. The first-order valence-electron chi connectivity index (χ1n) is 20.0. The molecule has 20 nitrogen and oxygen atoms in total. The van der Waals surface area contributed by atoms with Crippen molar-refractivity contribution in [1.82, 2.24) is 53.9 Å². The molecule has 5 aromatic heterocycles. The van der Waals surface area contributed by atoms with Crippen molar-refractivity contribution >= 4 is 57.7 Å². The van der Waals surface area contributed by atoms with Crippen LogP contribution in [0.25, 0.3) is 22.2 Å². The monoisotopic (exact) mass is 815 g/mol. The van der Waals surface area contributed by atoms with E-state index in [4.69, 9.17) is 26.2 Å². The van der Waals surface area contributed by atoms with Crippen molar-refractivity contribution in [3.63, 3.8) is 0 Å². The minimum absolute atomic E-state index is 0.194. The highest BCUT2D eigenvalue weighted by atomic mass is 16.5. The van der Waals surface area contributed by atoms with Crippen LogP contribution >= 0.6 is 0 Å². The smallest absolute Gasteiger partial charge is 0.278 e. The number of fused-ring (bicyclic) bond motifs is 4. The predicted octanol–water partition coefficient (Wildman–Crippen LogP) is 1.24. The molecular weight excluding hydrogens is 771 g/mol. The molecule has 8 heterocycles. The molecule has 20 heteroatoms. The molecule has 0 atom stereocenters. The van der Waals surface area contributed by atoms with Crippen LogP contribution < -0.4 is 31.3 Å². The number of ether oxygens (including phenoxy) is 1. The summed E-state index contributed by atoms with van der Waals surface area (Å²) < 4.78 is 13.5. The lowest BCUT2D eigenvalue weighted by atomic mass is 10.1. The minimum Gasteiger partial charge on any atom is -0.491 e. The Morgan fingerprint density at radius 2 is 1.33 bits per heavy atom. The number of piperazine rings is 1. The van der Waals surface area contributed by atoms with Gasteiger partial charge in [0, 0.05) is 70.7 Å². The van der Waals surface area contributed by atoms with Crippen LogP contribution in [-0.2, 0) is 26.2 Å². The van der Waals surface area contributed by atoms with Crippen LogP contribution in [-0.4, -0.2) is 125 Å². The van der Waals surface area contributed by atoms with Gasteiger partial charge in [0.25, 0.3) is 11.8 Å². The number of pyridine rings is 1. The zero-order chi connectivity index (χ0) is 41.7. The number of allylic oxidation sites excluding steroid dienone is 2. The van der Waals surface area contributed by atoms with Crippen LogP contribution in [0.3, 0.4) is 0 Å². The Labute approximate surface area is 343 Å². The summed E-state index contributed by atoms with van der Waals surface area (Å²) in [6.07, 6.45) is 5.99. The van der Waals surface area contributed by atoms with Crippen LogP contribution in [0, 0.1) is 13.8 Å². The molecule has 0 aliphatic carbocycles. The number of rotatable bonds is 13. The number of imidazole rings is 2. The van der Waals surface area contributed by atoms with Gasteiger partial charge in [-0.25, -0.2) is 15.0 Å². The van der Waals surface area contributed by atoms with E-state index in [1.807, 2.05) is 35.1 Å². The third kappa shape index (κ3) is 7.12. The summed E-state index contributed by atoms with van der Waals surface area (Å²) in [6, 6.07) is 8.33. The van der Waals surface area contributed by atoms with Crippen molar-refractivity contribution in [2.45, 2.75) is 46.4 Å². The fourth-order valence-electron chi connectivity index (χ4n) is 8.15. The number of aryl methyl sites for hydroxylation is 2. The molecule has 9 rings (SSSR count). The molecule has 3 aliphatic rings. The summed E-state index contributed by atoms with van der Waals surface area (Å²) in [7, 11) is 0. The molecule has 0 saturated carbocycles. The molecule has 1 saturated heterocycles. The van der Waals surface area contributed by atoms with Crippen molar-refractivity contribution in [2.75, 3.05) is 62.2 Å². The topological polar surface area (TPSA) is 235 Å². The van der Waals surface area contributed by atoms with E-state index >= 15 is 0 Å². The molecule has 5 N–H and O–H groups in total. The SMILES string of the molecule is Cc1cc2n(n1)CCN(c1nc3cc(C(N)=O)cnc3n1C/C=C/Cn1c(N3CCn4nc(C)cc4C3=O)nc3cc(C(N)=O)cc(OCCCN4CCNCC4)c31)C2=O. The quantitative estimate of drug-likeness (QED) is 0.110. The lowest BCUT2D eigenvalue weighted by molar-refractivity contribution is 0.0952. The van der Waals surface area contributed by atoms with Gasteiger partial charge in [0.05, 0.1) is 42.2 Å². The van der Waals surface area contributed by atoms with Gasteiger partial charge in [0.2, 0.25) is 23.7 Å². The first-order valence-corrected chi connectivity index (χ1v) is 20.0.